The van der Waals surface area contributed by atoms with Crippen molar-refractivity contribution in [3.05, 3.63) is 90.3 Å². The SMILES string of the molecule is CC(C)c1ccccc1N1CCCC/C1=N\C(=O)NCCCc1ccc(-c2ncn(-c3ccc(OC(F)(F)F)cc3)n2)cc1. The molecule has 1 N–H and O–H groups in total. The van der Waals surface area contributed by atoms with E-state index in [9.17, 15) is 18.0 Å². The summed E-state index contributed by atoms with van der Waals surface area (Å²) in [6.45, 7) is 5.72. The van der Waals surface area contributed by atoms with Gasteiger partial charge in [0.15, 0.2) is 5.82 Å². The van der Waals surface area contributed by atoms with Crippen molar-refractivity contribution in [2.24, 2.45) is 4.99 Å². The predicted octanol–water partition coefficient (Wildman–Crippen LogP) is 7.69. The number of urea groups is 1. The molecule has 1 aromatic heterocycles. The van der Waals surface area contributed by atoms with Gasteiger partial charge in [-0.3, -0.25) is 0 Å². The van der Waals surface area contributed by atoms with Crippen LogP contribution in [0.4, 0.5) is 23.7 Å². The maximum Gasteiger partial charge on any atom is 0.573 e. The summed E-state index contributed by atoms with van der Waals surface area (Å²) >= 11 is 0. The summed E-state index contributed by atoms with van der Waals surface area (Å²) in [7, 11) is 0. The highest BCUT2D eigenvalue weighted by Gasteiger charge is 2.31. The normalized spacial score (nSPS) is 14.7. The lowest BCUT2D eigenvalue weighted by molar-refractivity contribution is -0.274. The molecule has 1 fully saturated rings. The van der Waals surface area contributed by atoms with Crippen LogP contribution in [0.1, 0.15) is 56.6 Å². The molecule has 5 rings (SSSR count). The van der Waals surface area contributed by atoms with Gasteiger partial charge in [-0.2, -0.15) is 4.99 Å². The Morgan fingerprint density at radius 3 is 2.50 bits per heavy atom. The molecule has 44 heavy (non-hydrogen) atoms. The Hall–Kier alpha value is -4.67. The average Bonchev–Trinajstić information content (AvgIpc) is 3.50. The number of anilines is 1. The van der Waals surface area contributed by atoms with E-state index in [4.69, 9.17) is 0 Å². The molecule has 0 unspecified atom stereocenters. The van der Waals surface area contributed by atoms with Gasteiger partial charge in [-0.1, -0.05) is 56.3 Å². The molecule has 11 heteroatoms. The van der Waals surface area contributed by atoms with E-state index in [1.165, 1.54) is 40.8 Å². The third kappa shape index (κ3) is 8.03. The van der Waals surface area contributed by atoms with E-state index >= 15 is 0 Å². The lowest BCUT2D eigenvalue weighted by Crippen LogP contribution is -2.38. The number of benzene rings is 3. The Morgan fingerprint density at radius 2 is 1.77 bits per heavy atom. The number of halogens is 3. The van der Waals surface area contributed by atoms with Crippen LogP contribution in [0.25, 0.3) is 17.1 Å². The minimum absolute atomic E-state index is 0.302. The molecule has 0 radical (unpaired) electrons. The molecule has 2 heterocycles. The lowest BCUT2D eigenvalue weighted by atomic mass is 9.98. The van der Waals surface area contributed by atoms with Crippen molar-refractivity contribution in [2.45, 2.75) is 58.2 Å². The molecular weight excluding hydrogens is 569 g/mol. The second-order valence-electron chi connectivity index (χ2n) is 10.9. The van der Waals surface area contributed by atoms with Crippen molar-refractivity contribution >= 4 is 17.6 Å². The second kappa shape index (κ2) is 13.7. The monoisotopic (exact) mass is 604 g/mol. The number of nitrogens with one attached hydrogen (secondary N) is 1. The summed E-state index contributed by atoms with van der Waals surface area (Å²) in [5, 5.41) is 7.38. The molecule has 1 saturated heterocycles. The van der Waals surface area contributed by atoms with E-state index in [0.29, 0.717) is 24.0 Å². The Bertz CT molecular complexity index is 1580. The zero-order chi connectivity index (χ0) is 31.1. The fourth-order valence-electron chi connectivity index (χ4n) is 5.20. The van der Waals surface area contributed by atoms with Crippen LogP contribution in [-0.4, -0.2) is 46.1 Å². The van der Waals surface area contributed by atoms with Crippen molar-refractivity contribution in [3.63, 3.8) is 0 Å². The van der Waals surface area contributed by atoms with E-state index < -0.39 is 6.36 Å². The Balaban J connectivity index is 1.12. The molecule has 1 aliphatic heterocycles. The first-order chi connectivity index (χ1) is 21.2. The number of nitrogens with zero attached hydrogens (tertiary/aromatic N) is 5. The number of carbonyl (C=O) groups is 1. The topological polar surface area (TPSA) is 84.6 Å². The van der Waals surface area contributed by atoms with E-state index in [-0.39, 0.29) is 11.8 Å². The third-order valence-electron chi connectivity index (χ3n) is 7.38. The van der Waals surface area contributed by atoms with Gasteiger partial charge in [-0.25, -0.2) is 14.5 Å². The summed E-state index contributed by atoms with van der Waals surface area (Å²) in [4.78, 5) is 23.7. The van der Waals surface area contributed by atoms with Gasteiger partial charge < -0.3 is 15.0 Å². The molecule has 0 atom stereocenters. The quantitative estimate of drug-likeness (QED) is 0.198. The first-order valence-electron chi connectivity index (χ1n) is 14.8. The minimum atomic E-state index is -4.74. The number of ether oxygens (including phenoxy) is 1. The molecule has 8 nitrogen and oxygen atoms in total. The van der Waals surface area contributed by atoms with Crippen LogP contribution in [0, 0.1) is 0 Å². The highest BCUT2D eigenvalue weighted by atomic mass is 19.4. The zero-order valence-corrected chi connectivity index (χ0v) is 24.7. The zero-order valence-electron chi connectivity index (χ0n) is 24.7. The first-order valence-corrected chi connectivity index (χ1v) is 14.8. The highest BCUT2D eigenvalue weighted by Crippen LogP contribution is 2.30. The Labute approximate surface area is 254 Å². The van der Waals surface area contributed by atoms with Crippen molar-refractivity contribution in [1.82, 2.24) is 20.1 Å². The number of aryl methyl sites for hydroxylation is 1. The highest BCUT2D eigenvalue weighted by molar-refractivity contribution is 6.04. The summed E-state index contributed by atoms with van der Waals surface area (Å²) < 4.78 is 42.6. The van der Waals surface area contributed by atoms with Crippen LogP contribution < -0.4 is 15.0 Å². The number of amidine groups is 1. The number of piperidine rings is 1. The smallest absolute Gasteiger partial charge is 0.406 e. The van der Waals surface area contributed by atoms with Crippen molar-refractivity contribution in [1.29, 1.82) is 0 Å². The van der Waals surface area contributed by atoms with Gasteiger partial charge >= 0.3 is 12.4 Å². The molecule has 0 aliphatic carbocycles. The standard InChI is InChI=1S/C33H35F3N6O2/c1-23(2)28-9-3-4-10-29(28)41-21-6-5-11-30(41)39-32(43)37-20-7-8-24-12-14-25(15-13-24)31-38-22-42(40-31)26-16-18-27(19-17-26)44-33(34,35)36/h3-4,9-10,12-19,22-23H,5-8,11,20-21H2,1-2H3,(H,37,43)/b39-30+. The maximum atomic E-state index is 12.7. The van der Waals surface area contributed by atoms with Gasteiger partial charge in [-0.05, 0) is 73.1 Å². The first kappa shape index (κ1) is 30.8. The number of alkyl halides is 3. The van der Waals surface area contributed by atoms with Crippen molar-refractivity contribution in [3.8, 4) is 22.8 Å². The van der Waals surface area contributed by atoms with Crippen LogP contribution >= 0.6 is 0 Å². The number of para-hydroxylation sites is 1. The molecule has 3 aromatic carbocycles. The molecule has 0 saturated carbocycles. The van der Waals surface area contributed by atoms with Gasteiger partial charge in [0.1, 0.15) is 17.9 Å². The van der Waals surface area contributed by atoms with Crippen LogP contribution in [0.15, 0.2) is 84.1 Å². The average molecular weight is 605 g/mol. The van der Waals surface area contributed by atoms with Gasteiger partial charge in [0.25, 0.3) is 0 Å². The number of carbonyl (C=O) groups excluding carboxylic acids is 1. The largest absolute Gasteiger partial charge is 0.573 e. The van der Waals surface area contributed by atoms with Crippen LogP contribution in [0.5, 0.6) is 5.75 Å². The Kier molecular flexibility index (Phi) is 9.62. The van der Waals surface area contributed by atoms with E-state index in [1.807, 2.05) is 30.3 Å². The van der Waals surface area contributed by atoms with Gasteiger partial charge in [-0.15, -0.1) is 18.3 Å². The van der Waals surface area contributed by atoms with Crippen molar-refractivity contribution < 1.29 is 22.7 Å². The summed E-state index contributed by atoms with van der Waals surface area (Å²) in [5.41, 5.74) is 4.86. The summed E-state index contributed by atoms with van der Waals surface area (Å²) in [6.07, 6.45) is 1.17. The van der Waals surface area contributed by atoms with E-state index in [1.54, 1.807) is 0 Å². The van der Waals surface area contributed by atoms with Crippen LogP contribution in [0.2, 0.25) is 0 Å². The number of aliphatic imine (C=N–C) groups is 1. The van der Waals surface area contributed by atoms with E-state index in [2.05, 4.69) is 62.1 Å². The molecule has 230 valence electrons. The molecule has 1 aliphatic rings. The molecule has 0 spiro atoms. The number of hydrogen-bond donors (Lipinski definition) is 1. The van der Waals surface area contributed by atoms with Crippen LogP contribution in [-0.2, 0) is 6.42 Å². The van der Waals surface area contributed by atoms with Crippen LogP contribution in [0.3, 0.4) is 0 Å². The number of amides is 2. The number of hydrogen-bond acceptors (Lipinski definition) is 4. The molecule has 2 amide bonds. The fourth-order valence-corrected chi connectivity index (χ4v) is 5.20. The lowest BCUT2D eigenvalue weighted by Gasteiger charge is -2.32. The number of rotatable bonds is 9. The third-order valence-corrected chi connectivity index (χ3v) is 7.38. The minimum Gasteiger partial charge on any atom is -0.406 e. The molecular formula is C33H35F3N6O2. The van der Waals surface area contributed by atoms with E-state index in [0.717, 1.165) is 61.3 Å². The van der Waals surface area contributed by atoms with Crippen molar-refractivity contribution in [2.75, 3.05) is 18.0 Å². The molecule has 4 aromatic rings. The number of aromatic nitrogens is 3. The predicted molar refractivity (Wildman–Crippen MR) is 164 cm³/mol. The molecule has 0 bridgehead atoms. The summed E-state index contributed by atoms with van der Waals surface area (Å²) in [5.74, 6) is 1.39. The summed E-state index contributed by atoms with van der Waals surface area (Å²) in [6, 6.07) is 21.3. The van der Waals surface area contributed by atoms with Gasteiger partial charge in [0.05, 0.1) is 5.69 Å². The Morgan fingerprint density at radius 1 is 1.02 bits per heavy atom. The van der Waals surface area contributed by atoms with Gasteiger partial charge in [0.2, 0.25) is 0 Å². The second-order valence-corrected chi connectivity index (χ2v) is 10.9. The van der Waals surface area contributed by atoms with Gasteiger partial charge in [0, 0.05) is 30.8 Å². The maximum absolute atomic E-state index is 12.7. The fraction of sp³-hybridized carbons (Fsp3) is 0.333.